The molecule has 9 nitrogen and oxygen atoms in total. The van der Waals surface area contributed by atoms with Gasteiger partial charge in [0.2, 0.25) is 11.6 Å². The molecule has 0 unspecified atom stereocenters. The second-order valence-electron chi connectivity index (χ2n) is 5.08. The molecule has 0 radical (unpaired) electrons. The molecule has 0 saturated heterocycles. The lowest BCUT2D eigenvalue weighted by molar-refractivity contribution is -0.383. The summed E-state index contributed by atoms with van der Waals surface area (Å²) in [6.07, 6.45) is 1.24. The van der Waals surface area contributed by atoms with Crippen LogP contribution < -0.4 is 16.2 Å². The van der Waals surface area contributed by atoms with Crippen molar-refractivity contribution >= 4 is 28.8 Å². The van der Waals surface area contributed by atoms with Crippen LogP contribution in [0.3, 0.4) is 0 Å². The van der Waals surface area contributed by atoms with E-state index >= 15 is 0 Å². The van der Waals surface area contributed by atoms with Crippen molar-refractivity contribution in [2.75, 3.05) is 16.2 Å². The van der Waals surface area contributed by atoms with Gasteiger partial charge >= 0.3 is 5.69 Å². The molecule has 2 heterocycles. The Labute approximate surface area is 143 Å². The van der Waals surface area contributed by atoms with Gasteiger partial charge in [0, 0.05) is 5.69 Å². The lowest BCUT2D eigenvalue weighted by Gasteiger charge is -2.11. The van der Waals surface area contributed by atoms with Crippen molar-refractivity contribution in [3.63, 3.8) is 0 Å². The van der Waals surface area contributed by atoms with E-state index < -0.39 is 4.92 Å². The van der Waals surface area contributed by atoms with Crippen molar-refractivity contribution in [1.82, 2.24) is 15.0 Å². The van der Waals surface area contributed by atoms with Crippen molar-refractivity contribution in [2.24, 2.45) is 0 Å². The molecule has 0 amide bonds. The molecule has 0 aliphatic heterocycles. The Kier molecular flexibility index (Phi) is 4.65. The Hall–Kier alpha value is -3.75. The molecule has 0 saturated carbocycles. The first-order chi connectivity index (χ1) is 12.1. The zero-order valence-corrected chi connectivity index (χ0v) is 13.3. The zero-order chi connectivity index (χ0) is 17.6. The molecule has 25 heavy (non-hydrogen) atoms. The molecule has 3 aromatic rings. The molecule has 0 spiro atoms. The predicted molar refractivity (Wildman–Crippen MR) is 94.6 cm³/mol. The van der Waals surface area contributed by atoms with Gasteiger partial charge in [0.1, 0.15) is 12.1 Å². The fourth-order valence-electron chi connectivity index (χ4n) is 2.12. The third-order valence-electron chi connectivity index (χ3n) is 3.24. The number of para-hydroxylation sites is 1. The largest absolute Gasteiger partial charge is 0.355 e. The van der Waals surface area contributed by atoms with Gasteiger partial charge in [-0.05, 0) is 31.2 Å². The van der Waals surface area contributed by atoms with E-state index in [1.165, 1.54) is 6.33 Å². The molecule has 2 aromatic heterocycles. The van der Waals surface area contributed by atoms with E-state index in [-0.39, 0.29) is 17.3 Å². The van der Waals surface area contributed by atoms with E-state index in [1.54, 1.807) is 12.1 Å². The summed E-state index contributed by atoms with van der Waals surface area (Å²) in [5.74, 6) is 0.554. The van der Waals surface area contributed by atoms with Crippen molar-refractivity contribution < 1.29 is 4.92 Å². The standard InChI is InChI=1S/C16H15N7O2/c1-11-6-5-9-13(19-11)20-15-14(23(24)25)16(18-10-17-15)22-21-12-7-3-2-4-8-12/h2-10,21H,1H3,(H2,17,18,19,20,22). The lowest BCUT2D eigenvalue weighted by Crippen LogP contribution is -2.13. The van der Waals surface area contributed by atoms with Crippen molar-refractivity contribution in [2.45, 2.75) is 6.92 Å². The van der Waals surface area contributed by atoms with E-state index in [9.17, 15) is 10.1 Å². The third-order valence-corrected chi connectivity index (χ3v) is 3.24. The third kappa shape index (κ3) is 3.96. The molecular formula is C16H15N7O2. The van der Waals surface area contributed by atoms with Crippen molar-refractivity contribution in [1.29, 1.82) is 0 Å². The number of hydrogen-bond donors (Lipinski definition) is 3. The number of aryl methyl sites for hydroxylation is 1. The fraction of sp³-hybridized carbons (Fsp3) is 0.0625. The number of nitrogens with zero attached hydrogens (tertiary/aromatic N) is 4. The fourth-order valence-corrected chi connectivity index (χ4v) is 2.12. The highest BCUT2D eigenvalue weighted by Crippen LogP contribution is 2.30. The minimum absolute atomic E-state index is 0.0407. The molecule has 9 heteroatoms. The predicted octanol–water partition coefficient (Wildman–Crippen LogP) is 3.27. The smallest absolute Gasteiger partial charge is 0.319 e. The summed E-state index contributed by atoms with van der Waals surface area (Å²) < 4.78 is 0. The van der Waals surface area contributed by atoms with Gasteiger partial charge in [-0.2, -0.15) is 0 Å². The summed E-state index contributed by atoms with van der Waals surface area (Å²) in [4.78, 5) is 23.1. The van der Waals surface area contributed by atoms with Gasteiger partial charge in [0.25, 0.3) is 0 Å². The van der Waals surface area contributed by atoms with Crippen LogP contribution in [-0.4, -0.2) is 19.9 Å². The number of nitrogens with one attached hydrogen (secondary N) is 3. The monoisotopic (exact) mass is 337 g/mol. The highest BCUT2D eigenvalue weighted by atomic mass is 16.6. The average Bonchev–Trinajstić information content (AvgIpc) is 2.61. The van der Waals surface area contributed by atoms with Gasteiger partial charge in [-0.1, -0.05) is 24.3 Å². The van der Waals surface area contributed by atoms with Crippen LogP contribution in [0.25, 0.3) is 0 Å². The average molecular weight is 337 g/mol. The van der Waals surface area contributed by atoms with Crippen LogP contribution in [0, 0.1) is 17.0 Å². The Balaban J connectivity index is 1.87. The van der Waals surface area contributed by atoms with E-state index in [4.69, 9.17) is 0 Å². The zero-order valence-electron chi connectivity index (χ0n) is 13.3. The number of anilines is 4. The quantitative estimate of drug-likeness (QED) is 0.463. The van der Waals surface area contributed by atoms with Crippen LogP contribution in [0.2, 0.25) is 0 Å². The van der Waals surface area contributed by atoms with Crippen molar-refractivity contribution in [3.8, 4) is 0 Å². The first-order valence-corrected chi connectivity index (χ1v) is 7.40. The Morgan fingerprint density at radius 3 is 2.44 bits per heavy atom. The summed E-state index contributed by atoms with van der Waals surface area (Å²) in [5.41, 5.74) is 6.85. The van der Waals surface area contributed by atoms with Crippen LogP contribution in [0.4, 0.5) is 28.8 Å². The van der Waals surface area contributed by atoms with E-state index in [0.29, 0.717) is 5.82 Å². The number of aromatic nitrogens is 3. The van der Waals surface area contributed by atoms with E-state index in [2.05, 4.69) is 31.1 Å². The summed E-state index contributed by atoms with van der Waals surface area (Å²) in [6.45, 7) is 1.83. The van der Waals surface area contributed by atoms with Gasteiger partial charge < -0.3 is 5.32 Å². The van der Waals surface area contributed by atoms with Crippen LogP contribution in [0.1, 0.15) is 5.69 Å². The number of benzene rings is 1. The van der Waals surface area contributed by atoms with Gasteiger partial charge in [-0.25, -0.2) is 15.0 Å². The van der Waals surface area contributed by atoms with Gasteiger partial charge in [-0.15, -0.1) is 0 Å². The lowest BCUT2D eigenvalue weighted by atomic mass is 10.3. The molecule has 0 atom stereocenters. The Morgan fingerprint density at radius 1 is 0.960 bits per heavy atom. The topological polar surface area (TPSA) is 118 Å². The SMILES string of the molecule is Cc1cccc(Nc2ncnc(NNc3ccccc3)c2[N+](=O)[O-])n1. The van der Waals surface area contributed by atoms with Gasteiger partial charge in [0.15, 0.2) is 0 Å². The summed E-state index contributed by atoms with van der Waals surface area (Å²) >= 11 is 0. The van der Waals surface area contributed by atoms with Crippen LogP contribution in [0.15, 0.2) is 54.9 Å². The molecular weight excluding hydrogens is 322 g/mol. The number of hydrazine groups is 1. The van der Waals surface area contributed by atoms with Crippen molar-refractivity contribution in [3.05, 3.63) is 70.7 Å². The first kappa shape index (κ1) is 16.1. The highest BCUT2D eigenvalue weighted by molar-refractivity contribution is 5.73. The molecule has 126 valence electrons. The molecule has 0 fully saturated rings. The summed E-state index contributed by atoms with van der Waals surface area (Å²) in [5, 5.41) is 14.4. The Morgan fingerprint density at radius 2 is 1.72 bits per heavy atom. The second kappa shape index (κ2) is 7.21. The van der Waals surface area contributed by atoms with Crippen LogP contribution in [-0.2, 0) is 0 Å². The van der Waals surface area contributed by atoms with Gasteiger partial charge in [-0.3, -0.25) is 21.0 Å². The van der Waals surface area contributed by atoms with E-state index in [1.807, 2.05) is 43.3 Å². The minimum atomic E-state index is -0.548. The normalized spacial score (nSPS) is 10.1. The number of hydrogen-bond acceptors (Lipinski definition) is 8. The highest BCUT2D eigenvalue weighted by Gasteiger charge is 2.23. The number of pyridine rings is 1. The summed E-state index contributed by atoms with van der Waals surface area (Å²) in [7, 11) is 0. The molecule has 3 rings (SSSR count). The molecule has 0 aliphatic carbocycles. The van der Waals surface area contributed by atoms with E-state index in [0.717, 1.165) is 11.4 Å². The molecule has 0 bridgehead atoms. The summed E-state index contributed by atoms with van der Waals surface area (Å²) in [6, 6.07) is 14.5. The van der Waals surface area contributed by atoms with Crippen LogP contribution in [0.5, 0.6) is 0 Å². The number of nitro groups is 1. The molecule has 3 N–H and O–H groups in total. The molecule has 0 aliphatic rings. The maximum atomic E-state index is 11.5. The van der Waals surface area contributed by atoms with Gasteiger partial charge in [0.05, 0.1) is 10.6 Å². The Bertz CT molecular complexity index is 887. The maximum absolute atomic E-state index is 11.5. The molecule has 1 aromatic carbocycles. The maximum Gasteiger partial charge on any atom is 0.355 e. The number of rotatable bonds is 6. The van der Waals surface area contributed by atoms with Crippen LogP contribution >= 0.6 is 0 Å². The minimum Gasteiger partial charge on any atom is -0.319 e. The first-order valence-electron chi connectivity index (χ1n) is 7.40. The second-order valence-corrected chi connectivity index (χ2v) is 5.08.